The maximum atomic E-state index is 2.36. The van der Waals surface area contributed by atoms with Gasteiger partial charge < -0.3 is 4.57 Å². The molecule has 2 heteroatoms. The zero-order valence-corrected chi connectivity index (χ0v) is 7.75. The highest BCUT2D eigenvalue weighted by molar-refractivity contribution is 5.95. The van der Waals surface area contributed by atoms with E-state index in [4.69, 9.17) is 0 Å². The molecular weight excluding hydrogens is 148 g/mol. The van der Waals surface area contributed by atoms with Gasteiger partial charge in [-0.1, -0.05) is 6.92 Å². The van der Waals surface area contributed by atoms with Crippen LogP contribution in [0, 0.1) is 0 Å². The van der Waals surface area contributed by atoms with E-state index in [9.17, 15) is 0 Å². The van der Waals surface area contributed by atoms with E-state index < -0.39 is 0 Å². The number of hydrogen-bond donors (Lipinski definition) is 0. The van der Waals surface area contributed by atoms with Crippen molar-refractivity contribution in [3.8, 4) is 0 Å². The quantitative estimate of drug-likeness (QED) is 0.552. The summed E-state index contributed by atoms with van der Waals surface area (Å²) >= 11 is 0. The summed E-state index contributed by atoms with van der Waals surface area (Å²) in [5, 5.41) is 0. The molecule has 0 N–H and O–H groups in total. The maximum absolute atomic E-state index is 2.36. The van der Waals surface area contributed by atoms with Crippen molar-refractivity contribution in [3.63, 3.8) is 0 Å². The molecular formula is C10H15N2+. The van der Waals surface area contributed by atoms with Crippen LogP contribution in [-0.2, 0) is 6.54 Å². The highest BCUT2D eigenvalue weighted by atomic mass is 15.1. The monoisotopic (exact) mass is 163 g/mol. The predicted molar refractivity (Wildman–Crippen MR) is 49.9 cm³/mol. The third-order valence-corrected chi connectivity index (χ3v) is 2.60. The van der Waals surface area contributed by atoms with Crippen LogP contribution in [0.1, 0.15) is 19.0 Å². The minimum Gasteiger partial charge on any atom is -0.337 e. The van der Waals surface area contributed by atoms with E-state index in [1.807, 2.05) is 0 Å². The SMILES string of the molecule is CCC1=[N+](C)CCn2cccc21. The van der Waals surface area contributed by atoms with Gasteiger partial charge in [0, 0.05) is 12.6 Å². The molecule has 0 unspecified atom stereocenters. The van der Waals surface area contributed by atoms with Crippen molar-refractivity contribution in [2.24, 2.45) is 0 Å². The van der Waals surface area contributed by atoms with Crippen molar-refractivity contribution in [2.75, 3.05) is 13.6 Å². The summed E-state index contributed by atoms with van der Waals surface area (Å²) in [5.74, 6) is 0. The van der Waals surface area contributed by atoms with Gasteiger partial charge in [-0.15, -0.1) is 0 Å². The second-order valence-electron chi connectivity index (χ2n) is 3.31. The normalized spacial score (nSPS) is 16.5. The Kier molecular flexibility index (Phi) is 1.75. The Morgan fingerprint density at radius 1 is 1.58 bits per heavy atom. The first kappa shape index (κ1) is 7.59. The molecule has 0 saturated carbocycles. The minimum absolute atomic E-state index is 1.13. The fourth-order valence-corrected chi connectivity index (χ4v) is 1.91. The number of fused-ring (bicyclic) bond motifs is 1. The van der Waals surface area contributed by atoms with Crippen LogP contribution < -0.4 is 0 Å². The van der Waals surface area contributed by atoms with Crippen LogP contribution in [0.5, 0.6) is 0 Å². The molecule has 1 aliphatic rings. The van der Waals surface area contributed by atoms with Crippen LogP contribution in [0.2, 0.25) is 0 Å². The Morgan fingerprint density at radius 3 is 3.17 bits per heavy atom. The molecule has 1 aromatic heterocycles. The van der Waals surface area contributed by atoms with Crippen LogP contribution in [0.25, 0.3) is 0 Å². The molecule has 64 valence electrons. The van der Waals surface area contributed by atoms with Gasteiger partial charge in [0.1, 0.15) is 12.7 Å². The number of hydrogen-bond acceptors (Lipinski definition) is 0. The second-order valence-corrected chi connectivity index (χ2v) is 3.31. The third-order valence-electron chi connectivity index (χ3n) is 2.60. The largest absolute Gasteiger partial charge is 0.337 e. The van der Waals surface area contributed by atoms with Gasteiger partial charge in [-0.25, -0.2) is 4.58 Å². The molecule has 0 amide bonds. The van der Waals surface area contributed by atoms with Crippen molar-refractivity contribution < 1.29 is 4.58 Å². The maximum Gasteiger partial charge on any atom is 0.199 e. The molecule has 0 atom stereocenters. The zero-order chi connectivity index (χ0) is 8.55. The minimum atomic E-state index is 1.13. The predicted octanol–water partition coefficient (Wildman–Crippen LogP) is 1.34. The van der Waals surface area contributed by atoms with Gasteiger partial charge in [-0.2, -0.15) is 0 Å². The molecule has 0 fully saturated rings. The summed E-state index contributed by atoms with van der Waals surface area (Å²) in [6.45, 7) is 4.49. The van der Waals surface area contributed by atoms with Crippen LogP contribution in [0.15, 0.2) is 18.3 Å². The van der Waals surface area contributed by atoms with Gasteiger partial charge in [0.2, 0.25) is 0 Å². The van der Waals surface area contributed by atoms with E-state index in [0.29, 0.717) is 0 Å². The summed E-state index contributed by atoms with van der Waals surface area (Å²) in [6.07, 6.45) is 3.29. The van der Waals surface area contributed by atoms with Gasteiger partial charge in [-0.05, 0) is 12.1 Å². The van der Waals surface area contributed by atoms with Gasteiger partial charge >= 0.3 is 0 Å². The lowest BCUT2D eigenvalue weighted by Gasteiger charge is -2.14. The molecule has 0 aromatic carbocycles. The first-order chi connectivity index (χ1) is 5.83. The topological polar surface area (TPSA) is 7.94 Å². The average molecular weight is 163 g/mol. The van der Waals surface area contributed by atoms with E-state index in [-0.39, 0.29) is 0 Å². The number of nitrogens with zero attached hydrogens (tertiary/aromatic N) is 2. The van der Waals surface area contributed by atoms with E-state index in [0.717, 1.165) is 19.5 Å². The Balaban J connectivity index is 2.52. The molecule has 12 heavy (non-hydrogen) atoms. The summed E-state index contributed by atoms with van der Waals surface area (Å²) < 4.78 is 4.69. The smallest absolute Gasteiger partial charge is 0.199 e. The van der Waals surface area contributed by atoms with E-state index in [2.05, 4.69) is 41.4 Å². The molecule has 0 spiro atoms. The fraction of sp³-hybridized carbons (Fsp3) is 0.500. The first-order valence-electron chi connectivity index (χ1n) is 4.55. The highest BCUT2D eigenvalue weighted by Crippen LogP contribution is 2.10. The Morgan fingerprint density at radius 2 is 2.42 bits per heavy atom. The van der Waals surface area contributed by atoms with Crippen LogP contribution >= 0.6 is 0 Å². The fourth-order valence-electron chi connectivity index (χ4n) is 1.91. The zero-order valence-electron chi connectivity index (χ0n) is 7.75. The van der Waals surface area contributed by atoms with Gasteiger partial charge in [-0.3, -0.25) is 0 Å². The molecule has 0 saturated heterocycles. The van der Waals surface area contributed by atoms with Gasteiger partial charge in [0.25, 0.3) is 0 Å². The first-order valence-corrected chi connectivity index (χ1v) is 4.55. The lowest BCUT2D eigenvalue weighted by Crippen LogP contribution is -2.29. The summed E-state index contributed by atoms with van der Waals surface area (Å²) in [7, 11) is 2.18. The third kappa shape index (κ3) is 0.986. The number of rotatable bonds is 1. The summed E-state index contributed by atoms with van der Waals surface area (Å²) in [5.41, 5.74) is 2.86. The summed E-state index contributed by atoms with van der Waals surface area (Å²) in [6, 6.07) is 4.33. The van der Waals surface area contributed by atoms with Crippen molar-refractivity contribution >= 4 is 5.71 Å². The van der Waals surface area contributed by atoms with E-state index >= 15 is 0 Å². The van der Waals surface area contributed by atoms with Crippen LogP contribution in [0.3, 0.4) is 0 Å². The Bertz CT molecular complexity index is 320. The molecule has 0 aliphatic carbocycles. The highest BCUT2D eigenvalue weighted by Gasteiger charge is 2.20. The Hall–Kier alpha value is -1.05. The van der Waals surface area contributed by atoms with Crippen molar-refractivity contribution in [1.82, 2.24) is 4.57 Å². The average Bonchev–Trinajstić information content (AvgIpc) is 2.52. The lowest BCUT2D eigenvalue weighted by molar-refractivity contribution is -0.502. The van der Waals surface area contributed by atoms with Crippen LogP contribution in [0.4, 0.5) is 0 Å². The summed E-state index contributed by atoms with van der Waals surface area (Å²) in [4.78, 5) is 0. The lowest BCUT2D eigenvalue weighted by atomic mass is 10.2. The molecule has 0 radical (unpaired) electrons. The van der Waals surface area contributed by atoms with Gasteiger partial charge in [0.05, 0.1) is 6.54 Å². The second kappa shape index (κ2) is 2.77. The van der Waals surface area contributed by atoms with Gasteiger partial charge in [0.15, 0.2) is 12.3 Å². The number of aromatic nitrogens is 1. The molecule has 2 nitrogen and oxygen atoms in total. The van der Waals surface area contributed by atoms with Crippen molar-refractivity contribution in [2.45, 2.75) is 19.9 Å². The van der Waals surface area contributed by atoms with E-state index in [1.54, 1.807) is 0 Å². The molecule has 2 heterocycles. The molecule has 2 rings (SSSR count). The standard InChI is InChI=1S/C10H15N2/c1-3-9-10-5-4-6-12(10)8-7-11(9)2/h4-6H,3,7-8H2,1-2H3/q+1. The van der Waals surface area contributed by atoms with Crippen molar-refractivity contribution in [3.05, 3.63) is 24.0 Å². The van der Waals surface area contributed by atoms with Crippen molar-refractivity contribution in [1.29, 1.82) is 0 Å². The number of likely N-dealkylation sites (N-methyl/N-ethyl adjacent to an activating group) is 1. The Labute approximate surface area is 73.1 Å². The van der Waals surface area contributed by atoms with Crippen LogP contribution in [-0.4, -0.2) is 28.4 Å². The van der Waals surface area contributed by atoms with E-state index in [1.165, 1.54) is 11.4 Å². The molecule has 1 aromatic rings. The molecule has 1 aliphatic heterocycles. The molecule has 0 bridgehead atoms.